The number of nitrogens with one attached hydrogen (secondary N) is 1. The Morgan fingerprint density at radius 3 is 2.61 bits per heavy atom. The van der Waals surface area contributed by atoms with Crippen LogP contribution in [0.2, 0.25) is 0 Å². The summed E-state index contributed by atoms with van der Waals surface area (Å²) >= 11 is 0. The number of likely N-dealkylation sites (tertiary alicyclic amines) is 1. The van der Waals surface area contributed by atoms with E-state index in [-0.39, 0.29) is 18.2 Å². The molecule has 1 unspecified atom stereocenters. The standard InChI is InChI=1S/C24H30N4O3/c1-18-6-2-3-7-19(18)17-28-15-12-26-23(30)20(28)16-22(29)27-13-9-24(31,10-14-27)21-8-4-5-11-25-21/h2-8,11,20,31H,9-10,12-17H2,1H3,(H,26,30). The van der Waals surface area contributed by atoms with Gasteiger partial charge in [0.05, 0.1) is 18.2 Å². The molecule has 2 N–H and O–H groups in total. The van der Waals surface area contributed by atoms with Crippen molar-refractivity contribution in [2.75, 3.05) is 26.2 Å². The van der Waals surface area contributed by atoms with E-state index in [1.54, 1.807) is 11.1 Å². The number of nitrogens with zero attached hydrogens (tertiary/aromatic N) is 3. The number of aryl methyl sites for hydroxylation is 1. The zero-order valence-corrected chi connectivity index (χ0v) is 18.0. The van der Waals surface area contributed by atoms with Crippen LogP contribution in [0.3, 0.4) is 0 Å². The third-order valence-corrected chi connectivity index (χ3v) is 6.53. The van der Waals surface area contributed by atoms with Gasteiger partial charge in [-0.1, -0.05) is 30.3 Å². The Morgan fingerprint density at radius 1 is 1.16 bits per heavy atom. The van der Waals surface area contributed by atoms with Gasteiger partial charge in [-0.05, 0) is 43.0 Å². The number of aliphatic hydroxyl groups is 1. The van der Waals surface area contributed by atoms with Crippen LogP contribution < -0.4 is 5.32 Å². The number of amides is 2. The topological polar surface area (TPSA) is 85.8 Å². The Balaban J connectivity index is 1.39. The van der Waals surface area contributed by atoms with Crippen molar-refractivity contribution in [2.24, 2.45) is 0 Å². The summed E-state index contributed by atoms with van der Waals surface area (Å²) in [4.78, 5) is 33.8. The minimum absolute atomic E-state index is 0.0418. The van der Waals surface area contributed by atoms with Gasteiger partial charge >= 0.3 is 0 Å². The summed E-state index contributed by atoms with van der Waals surface area (Å²) in [5, 5.41) is 13.9. The van der Waals surface area contributed by atoms with Gasteiger partial charge in [-0.3, -0.25) is 19.5 Å². The first kappa shape index (κ1) is 21.5. The molecule has 2 aromatic rings. The van der Waals surface area contributed by atoms with E-state index in [0.29, 0.717) is 44.7 Å². The SMILES string of the molecule is Cc1ccccc1CN1CCNC(=O)C1CC(=O)N1CCC(O)(c2ccccn2)CC1. The van der Waals surface area contributed by atoms with Crippen LogP contribution in [0.1, 0.15) is 36.1 Å². The molecule has 7 heteroatoms. The van der Waals surface area contributed by atoms with Crippen molar-refractivity contribution in [3.63, 3.8) is 0 Å². The normalized spacial score (nSPS) is 21.5. The molecule has 2 fully saturated rings. The third kappa shape index (κ3) is 4.78. The summed E-state index contributed by atoms with van der Waals surface area (Å²) in [7, 11) is 0. The zero-order valence-electron chi connectivity index (χ0n) is 18.0. The van der Waals surface area contributed by atoms with Crippen molar-refractivity contribution in [1.29, 1.82) is 0 Å². The minimum Gasteiger partial charge on any atom is -0.383 e. The fraction of sp³-hybridized carbons (Fsp3) is 0.458. The summed E-state index contributed by atoms with van der Waals surface area (Å²) in [6, 6.07) is 13.2. The molecular weight excluding hydrogens is 392 g/mol. The summed E-state index contributed by atoms with van der Waals surface area (Å²) in [5.74, 6) is -0.130. The Morgan fingerprint density at radius 2 is 1.90 bits per heavy atom. The van der Waals surface area contributed by atoms with Crippen molar-refractivity contribution in [3.8, 4) is 0 Å². The lowest BCUT2D eigenvalue weighted by Crippen LogP contribution is -2.56. The summed E-state index contributed by atoms with van der Waals surface area (Å²) in [6.45, 7) is 4.94. The van der Waals surface area contributed by atoms with Gasteiger partial charge in [-0.15, -0.1) is 0 Å². The van der Waals surface area contributed by atoms with Crippen molar-refractivity contribution >= 4 is 11.8 Å². The number of pyridine rings is 1. The molecule has 1 aromatic carbocycles. The van der Waals surface area contributed by atoms with Gasteiger partial charge in [0.15, 0.2) is 0 Å². The Labute approximate surface area is 183 Å². The van der Waals surface area contributed by atoms with Gasteiger partial charge in [0, 0.05) is 38.9 Å². The van der Waals surface area contributed by atoms with Crippen molar-refractivity contribution in [1.82, 2.24) is 20.1 Å². The number of piperazine rings is 1. The Kier molecular flexibility index (Phi) is 6.34. The Hall–Kier alpha value is -2.77. The predicted molar refractivity (Wildman–Crippen MR) is 117 cm³/mol. The second kappa shape index (κ2) is 9.16. The van der Waals surface area contributed by atoms with E-state index in [0.717, 1.165) is 6.54 Å². The highest BCUT2D eigenvalue weighted by atomic mass is 16.3. The maximum atomic E-state index is 13.0. The van der Waals surface area contributed by atoms with E-state index in [1.807, 2.05) is 30.3 Å². The average molecular weight is 423 g/mol. The highest BCUT2D eigenvalue weighted by Gasteiger charge is 2.38. The number of hydrogen-bond donors (Lipinski definition) is 2. The van der Waals surface area contributed by atoms with Crippen molar-refractivity contribution in [2.45, 2.75) is 44.4 Å². The lowest BCUT2D eigenvalue weighted by atomic mass is 9.87. The fourth-order valence-corrected chi connectivity index (χ4v) is 4.49. The quantitative estimate of drug-likeness (QED) is 0.764. The first-order valence-electron chi connectivity index (χ1n) is 10.9. The molecule has 2 amide bonds. The molecule has 1 atom stereocenters. The smallest absolute Gasteiger partial charge is 0.237 e. The highest BCUT2D eigenvalue weighted by molar-refractivity contribution is 5.89. The number of aromatic nitrogens is 1. The lowest BCUT2D eigenvalue weighted by Gasteiger charge is -2.39. The summed E-state index contributed by atoms with van der Waals surface area (Å²) in [5.41, 5.74) is 2.01. The highest BCUT2D eigenvalue weighted by Crippen LogP contribution is 2.31. The molecule has 0 saturated carbocycles. The van der Waals surface area contributed by atoms with Crippen LogP contribution in [0.5, 0.6) is 0 Å². The molecule has 0 radical (unpaired) electrons. The monoisotopic (exact) mass is 422 g/mol. The van der Waals surface area contributed by atoms with Crippen LogP contribution in [-0.2, 0) is 21.7 Å². The zero-order chi connectivity index (χ0) is 21.8. The number of hydrogen-bond acceptors (Lipinski definition) is 5. The van der Waals surface area contributed by atoms with Crippen molar-refractivity contribution in [3.05, 3.63) is 65.5 Å². The van der Waals surface area contributed by atoms with Gasteiger partial charge in [-0.25, -0.2) is 0 Å². The predicted octanol–water partition coefficient (Wildman–Crippen LogP) is 1.59. The summed E-state index contributed by atoms with van der Waals surface area (Å²) < 4.78 is 0. The second-order valence-corrected chi connectivity index (χ2v) is 8.54. The first-order valence-corrected chi connectivity index (χ1v) is 10.9. The van der Waals surface area contributed by atoms with Crippen LogP contribution in [0, 0.1) is 6.92 Å². The number of benzene rings is 1. The second-order valence-electron chi connectivity index (χ2n) is 8.54. The number of carbonyl (C=O) groups is 2. The van der Waals surface area contributed by atoms with E-state index in [9.17, 15) is 14.7 Å². The molecule has 31 heavy (non-hydrogen) atoms. The molecule has 1 aromatic heterocycles. The molecule has 2 aliphatic rings. The fourth-order valence-electron chi connectivity index (χ4n) is 4.49. The van der Waals surface area contributed by atoms with Gasteiger partial charge in [0.1, 0.15) is 5.60 Å². The molecule has 3 heterocycles. The van der Waals surface area contributed by atoms with E-state index in [4.69, 9.17) is 0 Å². The molecule has 0 bridgehead atoms. The number of carbonyl (C=O) groups excluding carboxylic acids is 2. The molecular formula is C24H30N4O3. The summed E-state index contributed by atoms with van der Waals surface area (Å²) in [6.07, 6.45) is 2.72. The van der Waals surface area contributed by atoms with Crippen molar-refractivity contribution < 1.29 is 14.7 Å². The minimum atomic E-state index is -1.00. The van der Waals surface area contributed by atoms with Crippen LogP contribution in [0.4, 0.5) is 0 Å². The lowest BCUT2D eigenvalue weighted by molar-refractivity contribution is -0.142. The maximum Gasteiger partial charge on any atom is 0.237 e. The van der Waals surface area contributed by atoms with Gasteiger partial charge in [-0.2, -0.15) is 0 Å². The molecule has 0 spiro atoms. The Bertz CT molecular complexity index is 925. The number of piperidine rings is 1. The van der Waals surface area contributed by atoms with Crippen LogP contribution in [-0.4, -0.2) is 63.9 Å². The molecule has 164 valence electrons. The van der Waals surface area contributed by atoms with Gasteiger partial charge in [0.25, 0.3) is 0 Å². The van der Waals surface area contributed by atoms with Gasteiger partial charge < -0.3 is 15.3 Å². The van der Waals surface area contributed by atoms with E-state index in [2.05, 4.69) is 34.3 Å². The maximum absolute atomic E-state index is 13.0. The molecule has 2 saturated heterocycles. The average Bonchev–Trinajstić information content (AvgIpc) is 2.78. The molecule has 4 rings (SSSR count). The molecule has 2 aliphatic heterocycles. The first-order chi connectivity index (χ1) is 15.0. The van der Waals surface area contributed by atoms with Crippen LogP contribution >= 0.6 is 0 Å². The van der Waals surface area contributed by atoms with E-state index >= 15 is 0 Å². The third-order valence-electron chi connectivity index (χ3n) is 6.53. The van der Waals surface area contributed by atoms with E-state index < -0.39 is 11.6 Å². The van der Waals surface area contributed by atoms with Gasteiger partial charge in [0.2, 0.25) is 11.8 Å². The largest absolute Gasteiger partial charge is 0.383 e. The van der Waals surface area contributed by atoms with Crippen LogP contribution in [0.15, 0.2) is 48.7 Å². The molecule has 0 aliphatic carbocycles. The number of rotatable bonds is 5. The molecule has 7 nitrogen and oxygen atoms in total. The van der Waals surface area contributed by atoms with E-state index in [1.165, 1.54) is 11.1 Å². The van der Waals surface area contributed by atoms with Crippen LogP contribution in [0.25, 0.3) is 0 Å².